The zero-order chi connectivity index (χ0) is 11.9. The second-order valence-electron chi connectivity index (χ2n) is 3.90. The lowest BCUT2D eigenvalue weighted by Gasteiger charge is -2.12. The molecule has 2 N–H and O–H groups in total. The van der Waals surface area contributed by atoms with E-state index in [1.807, 2.05) is 13.8 Å². The molecule has 0 aliphatic rings. The Morgan fingerprint density at radius 2 is 1.93 bits per heavy atom. The highest BCUT2D eigenvalue weighted by molar-refractivity contribution is 7.90. The van der Waals surface area contributed by atoms with Crippen LogP contribution in [0.3, 0.4) is 0 Å². The molecule has 0 saturated heterocycles. The van der Waals surface area contributed by atoms with Gasteiger partial charge in [0, 0.05) is 13.2 Å². The predicted molar refractivity (Wildman–Crippen MR) is 59.1 cm³/mol. The third-order valence-electron chi connectivity index (χ3n) is 1.79. The minimum absolute atomic E-state index is 0.249. The fourth-order valence-corrected chi connectivity index (χ4v) is 1.66. The van der Waals surface area contributed by atoms with Crippen molar-refractivity contribution in [2.75, 3.05) is 26.4 Å². The quantitative estimate of drug-likeness (QED) is 0.583. The minimum Gasteiger partial charge on any atom is -0.395 e. The summed E-state index contributed by atoms with van der Waals surface area (Å²) in [7, 11) is -3.39. The summed E-state index contributed by atoms with van der Waals surface area (Å²) in [5.74, 6) is 0.443. The van der Waals surface area contributed by atoms with Gasteiger partial charge in [0.15, 0.2) is 0 Å². The Labute approximate surface area is 91.9 Å². The summed E-state index contributed by atoms with van der Waals surface area (Å²) in [6, 6.07) is 0. The van der Waals surface area contributed by atoms with Crippen molar-refractivity contribution < 1.29 is 18.3 Å². The van der Waals surface area contributed by atoms with Gasteiger partial charge in [-0.15, -0.1) is 0 Å². The van der Waals surface area contributed by atoms with Gasteiger partial charge in [-0.1, -0.05) is 13.8 Å². The topological polar surface area (TPSA) is 75.6 Å². The first kappa shape index (κ1) is 14.8. The van der Waals surface area contributed by atoms with Crippen LogP contribution in [0.15, 0.2) is 0 Å². The Hall–Kier alpha value is -0.170. The molecule has 0 aromatic carbocycles. The molecular weight excluding hydrogens is 218 g/mol. The Balaban J connectivity index is 3.67. The highest BCUT2D eigenvalue weighted by Gasteiger charge is 2.18. The van der Waals surface area contributed by atoms with Crippen LogP contribution in [0.5, 0.6) is 0 Å². The maximum absolute atomic E-state index is 11.3. The van der Waals surface area contributed by atoms with Gasteiger partial charge in [0.2, 0.25) is 10.0 Å². The van der Waals surface area contributed by atoms with Crippen LogP contribution in [-0.4, -0.2) is 45.1 Å². The lowest BCUT2D eigenvalue weighted by molar-refractivity contribution is 0.114. The maximum atomic E-state index is 11.3. The molecule has 0 radical (unpaired) electrons. The Kier molecular flexibility index (Phi) is 7.08. The molecule has 6 heteroatoms. The molecular formula is C9H21NO4S. The summed E-state index contributed by atoms with van der Waals surface area (Å²) < 4.78 is 30.2. The van der Waals surface area contributed by atoms with Crippen molar-refractivity contribution in [1.82, 2.24) is 4.72 Å². The van der Waals surface area contributed by atoms with Gasteiger partial charge >= 0.3 is 0 Å². The van der Waals surface area contributed by atoms with E-state index in [1.54, 1.807) is 0 Å². The van der Waals surface area contributed by atoms with E-state index in [-0.39, 0.29) is 13.2 Å². The second-order valence-corrected chi connectivity index (χ2v) is 6.08. The summed E-state index contributed by atoms with van der Waals surface area (Å²) >= 11 is 0. The van der Waals surface area contributed by atoms with E-state index in [9.17, 15) is 8.42 Å². The summed E-state index contributed by atoms with van der Waals surface area (Å²) in [5, 5.41) is 7.92. The van der Waals surface area contributed by atoms with E-state index < -0.39 is 15.3 Å². The molecule has 5 nitrogen and oxygen atoms in total. The van der Waals surface area contributed by atoms with E-state index in [4.69, 9.17) is 9.84 Å². The predicted octanol–water partition coefficient (Wildman–Crippen LogP) is -0.0408. The van der Waals surface area contributed by atoms with Crippen molar-refractivity contribution in [2.24, 2.45) is 5.92 Å². The van der Waals surface area contributed by atoms with Gasteiger partial charge in [0.05, 0.1) is 18.5 Å². The largest absolute Gasteiger partial charge is 0.395 e. The maximum Gasteiger partial charge on any atom is 0.216 e. The average Bonchev–Trinajstić information content (AvgIpc) is 2.15. The number of hydrogen-bond acceptors (Lipinski definition) is 4. The molecule has 15 heavy (non-hydrogen) atoms. The van der Waals surface area contributed by atoms with Crippen LogP contribution in [0.25, 0.3) is 0 Å². The van der Waals surface area contributed by atoms with Gasteiger partial charge in [-0.3, -0.25) is 0 Å². The fraction of sp³-hybridized carbons (Fsp3) is 1.00. The van der Waals surface area contributed by atoms with Gasteiger partial charge in [0.25, 0.3) is 0 Å². The molecule has 0 aliphatic carbocycles. The lowest BCUT2D eigenvalue weighted by Crippen LogP contribution is -2.36. The van der Waals surface area contributed by atoms with Crippen molar-refractivity contribution in [2.45, 2.75) is 26.0 Å². The van der Waals surface area contributed by atoms with E-state index in [1.165, 1.54) is 6.92 Å². The number of hydrogen-bond donors (Lipinski definition) is 2. The van der Waals surface area contributed by atoms with Crippen LogP contribution in [0.1, 0.15) is 20.8 Å². The molecule has 0 aromatic rings. The normalized spacial score (nSPS) is 14.5. The zero-order valence-corrected chi connectivity index (χ0v) is 10.4. The number of rotatable bonds is 8. The van der Waals surface area contributed by atoms with E-state index in [0.29, 0.717) is 19.1 Å². The van der Waals surface area contributed by atoms with Crippen LogP contribution in [-0.2, 0) is 14.8 Å². The van der Waals surface area contributed by atoms with Gasteiger partial charge in [0.1, 0.15) is 0 Å². The Bertz CT molecular complexity index is 251. The number of aliphatic hydroxyl groups excluding tert-OH is 1. The molecule has 1 atom stereocenters. The summed E-state index contributed by atoms with van der Waals surface area (Å²) in [4.78, 5) is 0. The molecule has 0 amide bonds. The molecule has 0 rings (SSSR count). The average molecular weight is 239 g/mol. The highest BCUT2D eigenvalue weighted by atomic mass is 32.2. The first-order valence-corrected chi connectivity index (χ1v) is 6.62. The van der Waals surface area contributed by atoms with E-state index in [2.05, 4.69) is 4.72 Å². The molecule has 0 saturated carbocycles. The van der Waals surface area contributed by atoms with Crippen molar-refractivity contribution in [3.63, 3.8) is 0 Å². The van der Waals surface area contributed by atoms with Crippen molar-refractivity contribution in [3.05, 3.63) is 0 Å². The van der Waals surface area contributed by atoms with Crippen molar-refractivity contribution >= 4 is 10.0 Å². The molecule has 0 spiro atoms. The molecule has 0 aliphatic heterocycles. The first-order valence-electron chi connectivity index (χ1n) is 5.07. The number of nitrogens with one attached hydrogen (secondary N) is 1. The van der Waals surface area contributed by atoms with Crippen LogP contribution >= 0.6 is 0 Å². The van der Waals surface area contributed by atoms with Gasteiger partial charge in [-0.2, -0.15) is 0 Å². The zero-order valence-electron chi connectivity index (χ0n) is 9.56. The number of ether oxygens (including phenoxy) is 1. The highest BCUT2D eigenvalue weighted by Crippen LogP contribution is 1.96. The Morgan fingerprint density at radius 1 is 1.33 bits per heavy atom. The van der Waals surface area contributed by atoms with E-state index in [0.717, 1.165) is 0 Å². The van der Waals surface area contributed by atoms with Crippen LogP contribution in [0, 0.1) is 5.92 Å². The summed E-state index contributed by atoms with van der Waals surface area (Å²) in [5.41, 5.74) is 0. The summed E-state index contributed by atoms with van der Waals surface area (Å²) in [6.07, 6.45) is 0. The van der Waals surface area contributed by atoms with E-state index >= 15 is 0 Å². The van der Waals surface area contributed by atoms with Crippen LogP contribution < -0.4 is 4.72 Å². The lowest BCUT2D eigenvalue weighted by atomic mass is 10.2. The monoisotopic (exact) mass is 239 g/mol. The van der Waals surface area contributed by atoms with Crippen molar-refractivity contribution in [1.29, 1.82) is 0 Å². The molecule has 0 bridgehead atoms. The second kappa shape index (κ2) is 7.16. The molecule has 1 unspecified atom stereocenters. The van der Waals surface area contributed by atoms with Gasteiger partial charge < -0.3 is 9.84 Å². The first-order chi connectivity index (χ1) is 6.90. The third-order valence-corrected chi connectivity index (χ3v) is 3.60. The van der Waals surface area contributed by atoms with Crippen LogP contribution in [0.4, 0.5) is 0 Å². The standard InChI is InChI=1S/C9H21NO4S/c1-8(2)7-14-5-4-10-15(12,13)9(3)6-11/h8-11H,4-7H2,1-3H3. The molecule has 0 heterocycles. The summed E-state index contributed by atoms with van der Waals surface area (Å²) in [6.45, 7) is 6.36. The Morgan fingerprint density at radius 3 is 2.40 bits per heavy atom. The van der Waals surface area contributed by atoms with Crippen LogP contribution in [0.2, 0.25) is 0 Å². The van der Waals surface area contributed by atoms with Gasteiger partial charge in [-0.25, -0.2) is 13.1 Å². The number of aliphatic hydroxyl groups is 1. The minimum atomic E-state index is -3.39. The van der Waals surface area contributed by atoms with Gasteiger partial charge in [-0.05, 0) is 12.8 Å². The molecule has 0 aromatic heterocycles. The van der Waals surface area contributed by atoms with Crippen molar-refractivity contribution in [3.8, 4) is 0 Å². The smallest absolute Gasteiger partial charge is 0.216 e. The molecule has 0 fully saturated rings. The fourth-order valence-electron chi connectivity index (χ4n) is 0.816. The molecule has 92 valence electrons. The SMILES string of the molecule is CC(C)COCCNS(=O)(=O)C(C)CO. The third kappa shape index (κ3) is 6.83. The number of sulfonamides is 1.